The van der Waals surface area contributed by atoms with Crippen LogP contribution in [0.5, 0.6) is 0 Å². The number of hydrogen-bond acceptors (Lipinski definition) is 6. The number of carbonyl (C=O) groups is 3. The highest BCUT2D eigenvalue weighted by atomic mass is 16.2. The monoisotopic (exact) mass is 661 g/mol. The molecule has 3 amide bonds. The first-order valence-corrected chi connectivity index (χ1v) is 18.1. The van der Waals surface area contributed by atoms with E-state index < -0.39 is 0 Å². The average molecular weight is 662 g/mol. The summed E-state index contributed by atoms with van der Waals surface area (Å²) >= 11 is 0. The van der Waals surface area contributed by atoms with Crippen molar-refractivity contribution >= 4 is 34.3 Å². The molecular formula is C39H47N7O3. The quantitative estimate of drug-likeness (QED) is 0.243. The number of rotatable bonds is 6. The maximum absolute atomic E-state index is 13.6. The van der Waals surface area contributed by atoms with Crippen molar-refractivity contribution in [1.29, 1.82) is 0 Å². The number of piperazine rings is 1. The topological polar surface area (TPSA) is 117 Å². The average Bonchev–Trinajstić information content (AvgIpc) is 3.71. The summed E-state index contributed by atoms with van der Waals surface area (Å²) in [5.41, 5.74) is 8.78. The predicted molar refractivity (Wildman–Crippen MR) is 191 cm³/mol. The number of carbonyl (C=O) groups excluding carboxylic acids is 3. The number of nitrogens with one attached hydrogen (secondary N) is 3. The smallest absolute Gasteiger partial charge is 0.254 e. The van der Waals surface area contributed by atoms with Gasteiger partial charge in [-0.05, 0) is 85.8 Å². The van der Waals surface area contributed by atoms with Crippen molar-refractivity contribution in [2.24, 2.45) is 11.3 Å². The van der Waals surface area contributed by atoms with E-state index in [-0.39, 0.29) is 23.6 Å². The molecule has 3 aliphatic heterocycles. The van der Waals surface area contributed by atoms with Crippen LogP contribution in [-0.2, 0) is 22.4 Å². The van der Waals surface area contributed by atoms with Crippen LogP contribution in [0, 0.1) is 11.3 Å². The molecule has 10 nitrogen and oxygen atoms in total. The highest BCUT2D eigenvalue weighted by Gasteiger charge is 2.31. The minimum absolute atomic E-state index is 0.106. The first-order chi connectivity index (χ1) is 23.7. The molecule has 1 unspecified atom stereocenters. The summed E-state index contributed by atoms with van der Waals surface area (Å²) in [5.74, 6) is 0.154. The van der Waals surface area contributed by atoms with E-state index in [1.165, 1.54) is 16.9 Å². The fourth-order valence-electron chi connectivity index (χ4n) is 8.44. The Balaban J connectivity index is 0.820. The van der Waals surface area contributed by atoms with Crippen molar-refractivity contribution < 1.29 is 14.4 Å². The van der Waals surface area contributed by atoms with Gasteiger partial charge >= 0.3 is 0 Å². The van der Waals surface area contributed by atoms with Gasteiger partial charge in [-0.2, -0.15) is 5.10 Å². The Hall–Kier alpha value is -4.44. The Kier molecular flexibility index (Phi) is 8.30. The molecule has 256 valence electrons. The van der Waals surface area contributed by atoms with Crippen LogP contribution >= 0.6 is 0 Å². The number of H-pyrrole nitrogens is 2. The minimum Gasteiger partial charge on any atom is -0.372 e. The van der Waals surface area contributed by atoms with Gasteiger partial charge in [0, 0.05) is 85.6 Å². The molecular weight excluding hydrogens is 614 g/mol. The standard InChI is InChI=1S/C39H47N7O3/c1-39(2)14-11-31-34(23-39)42-43-36(31)33-21-27-3-4-28(22-32(27)40-33)38(49)46-19-17-44(18-20-46)24-25-12-15-45(16-13-25)29-7-5-26(6-8-29)30-9-10-35(47)41-37(30)48/h3-8,21-22,25,30,40H,9-20,23-24H2,1-2H3,(H,42,43)(H,41,47,48). The first kappa shape index (κ1) is 31.8. The third-order valence-electron chi connectivity index (χ3n) is 11.5. The Morgan fingerprint density at radius 2 is 1.69 bits per heavy atom. The molecule has 10 heteroatoms. The van der Waals surface area contributed by atoms with Crippen LogP contribution < -0.4 is 10.2 Å². The summed E-state index contributed by atoms with van der Waals surface area (Å²) in [4.78, 5) is 47.9. The van der Waals surface area contributed by atoms with Gasteiger partial charge in [-0.15, -0.1) is 0 Å². The molecule has 0 bridgehead atoms. The van der Waals surface area contributed by atoms with Crippen LogP contribution in [-0.4, -0.2) is 88.5 Å². The number of amides is 3. The fraction of sp³-hybridized carbons (Fsp3) is 0.487. The molecule has 1 atom stereocenters. The van der Waals surface area contributed by atoms with Gasteiger partial charge in [0.1, 0.15) is 5.69 Å². The highest BCUT2D eigenvalue weighted by Crippen LogP contribution is 2.38. The maximum Gasteiger partial charge on any atom is 0.254 e. The second-order valence-corrected chi connectivity index (χ2v) is 15.5. The molecule has 3 fully saturated rings. The van der Waals surface area contributed by atoms with E-state index in [1.54, 1.807) is 0 Å². The van der Waals surface area contributed by atoms with E-state index in [0.29, 0.717) is 24.2 Å². The zero-order valence-electron chi connectivity index (χ0n) is 28.7. The largest absolute Gasteiger partial charge is 0.372 e. The number of benzene rings is 2. The summed E-state index contributed by atoms with van der Waals surface area (Å²) in [6.07, 6.45) is 6.47. The number of nitrogens with zero attached hydrogens (tertiary/aromatic N) is 4. The van der Waals surface area contributed by atoms with Crippen LogP contribution in [0.4, 0.5) is 5.69 Å². The maximum atomic E-state index is 13.6. The van der Waals surface area contributed by atoms with Crippen LogP contribution in [0.2, 0.25) is 0 Å². The van der Waals surface area contributed by atoms with Crippen molar-refractivity contribution in [3.63, 3.8) is 0 Å². The number of hydrogen-bond donors (Lipinski definition) is 3. The van der Waals surface area contributed by atoms with Gasteiger partial charge < -0.3 is 14.8 Å². The summed E-state index contributed by atoms with van der Waals surface area (Å²) in [7, 11) is 0. The molecule has 5 heterocycles. The van der Waals surface area contributed by atoms with E-state index in [2.05, 4.69) is 63.3 Å². The first-order valence-electron chi connectivity index (χ1n) is 18.1. The highest BCUT2D eigenvalue weighted by molar-refractivity contribution is 6.01. The lowest BCUT2D eigenvalue weighted by Gasteiger charge is -2.39. The summed E-state index contributed by atoms with van der Waals surface area (Å²) < 4.78 is 0. The Morgan fingerprint density at radius 3 is 2.45 bits per heavy atom. The van der Waals surface area contributed by atoms with Gasteiger partial charge in [-0.1, -0.05) is 32.0 Å². The zero-order chi connectivity index (χ0) is 33.7. The lowest BCUT2D eigenvalue weighted by atomic mass is 9.76. The molecule has 0 radical (unpaired) electrons. The molecule has 0 spiro atoms. The molecule has 8 rings (SSSR count). The van der Waals surface area contributed by atoms with Crippen molar-refractivity contribution in [3.05, 3.63) is 70.9 Å². The van der Waals surface area contributed by atoms with Crippen LogP contribution in [0.15, 0.2) is 48.5 Å². The predicted octanol–water partition coefficient (Wildman–Crippen LogP) is 5.27. The molecule has 2 aromatic heterocycles. The normalized spacial score (nSPS) is 22.0. The number of fused-ring (bicyclic) bond motifs is 2. The van der Waals surface area contributed by atoms with E-state index in [1.807, 2.05) is 29.2 Å². The van der Waals surface area contributed by atoms with Gasteiger partial charge in [-0.3, -0.25) is 29.7 Å². The van der Waals surface area contributed by atoms with Gasteiger partial charge in [0.05, 0.1) is 11.6 Å². The van der Waals surface area contributed by atoms with E-state index in [9.17, 15) is 14.4 Å². The van der Waals surface area contributed by atoms with E-state index >= 15 is 0 Å². The molecule has 4 aromatic rings. The SMILES string of the molecule is CC1(C)CCc2c(-c3cc4ccc(C(=O)N5CCN(CC6CCN(c7ccc(C8CCC(=O)NC8=O)cc7)CC6)CC5)cc4[nH]3)n[nH]c2C1. The Bertz CT molecular complexity index is 1870. The van der Waals surface area contributed by atoms with Gasteiger partial charge in [0.15, 0.2) is 0 Å². The second-order valence-electron chi connectivity index (χ2n) is 15.5. The third kappa shape index (κ3) is 6.50. The summed E-state index contributed by atoms with van der Waals surface area (Å²) in [6, 6.07) is 16.5. The number of aromatic amines is 2. The summed E-state index contributed by atoms with van der Waals surface area (Å²) in [6.45, 7) is 11.1. The zero-order valence-corrected chi connectivity index (χ0v) is 28.7. The Labute approximate surface area is 287 Å². The molecule has 49 heavy (non-hydrogen) atoms. The molecule has 1 aliphatic carbocycles. The van der Waals surface area contributed by atoms with E-state index in [0.717, 1.165) is 111 Å². The lowest BCUT2D eigenvalue weighted by Crippen LogP contribution is -2.50. The minimum atomic E-state index is -0.240. The van der Waals surface area contributed by atoms with E-state index in [4.69, 9.17) is 5.10 Å². The van der Waals surface area contributed by atoms with Crippen molar-refractivity contribution in [2.75, 3.05) is 50.7 Å². The van der Waals surface area contributed by atoms with Crippen LogP contribution in [0.3, 0.4) is 0 Å². The van der Waals surface area contributed by atoms with Gasteiger partial charge in [-0.25, -0.2) is 0 Å². The van der Waals surface area contributed by atoms with Crippen LogP contribution in [0.1, 0.15) is 79.0 Å². The number of aromatic nitrogens is 3. The molecule has 3 N–H and O–H groups in total. The molecule has 4 aliphatic rings. The van der Waals surface area contributed by atoms with Crippen molar-refractivity contribution in [1.82, 2.24) is 30.3 Å². The molecule has 0 saturated carbocycles. The van der Waals surface area contributed by atoms with Crippen molar-refractivity contribution in [2.45, 2.75) is 64.7 Å². The molecule has 2 aromatic carbocycles. The Morgan fingerprint density at radius 1 is 0.918 bits per heavy atom. The third-order valence-corrected chi connectivity index (χ3v) is 11.5. The fourth-order valence-corrected chi connectivity index (χ4v) is 8.44. The van der Waals surface area contributed by atoms with Crippen molar-refractivity contribution in [3.8, 4) is 11.4 Å². The number of anilines is 1. The second kappa shape index (κ2) is 12.8. The molecule has 3 saturated heterocycles. The number of imide groups is 1. The lowest BCUT2D eigenvalue weighted by molar-refractivity contribution is -0.134. The summed E-state index contributed by atoms with van der Waals surface area (Å²) in [5, 5.41) is 11.5. The number of piperidine rings is 2. The van der Waals surface area contributed by atoms with Crippen LogP contribution in [0.25, 0.3) is 22.3 Å². The van der Waals surface area contributed by atoms with Gasteiger partial charge in [0.2, 0.25) is 11.8 Å². The van der Waals surface area contributed by atoms with Gasteiger partial charge in [0.25, 0.3) is 5.91 Å².